The molecule has 1 aliphatic heterocycles. The maximum atomic E-state index is 13.8. The molecule has 3 aromatic rings. The third kappa shape index (κ3) is 4.73. The Morgan fingerprint density at radius 1 is 0.946 bits per heavy atom. The summed E-state index contributed by atoms with van der Waals surface area (Å²) in [6.07, 6.45) is 1.02. The van der Waals surface area contributed by atoms with E-state index in [0.717, 1.165) is 28.2 Å². The molecule has 3 aromatic carbocycles. The maximum absolute atomic E-state index is 13.8. The van der Waals surface area contributed by atoms with Crippen LogP contribution in [0.3, 0.4) is 0 Å². The second kappa shape index (κ2) is 10.4. The zero-order chi connectivity index (χ0) is 26.1. The molecule has 0 bridgehead atoms. The number of aromatic hydroxyl groups is 1. The van der Waals surface area contributed by atoms with Crippen LogP contribution in [0, 0.1) is 0 Å². The maximum Gasteiger partial charge on any atom is 0.172 e. The lowest BCUT2D eigenvalue weighted by Gasteiger charge is -2.30. The quantitative estimate of drug-likeness (QED) is 0.312. The van der Waals surface area contributed by atoms with Crippen molar-refractivity contribution < 1.29 is 24.1 Å². The van der Waals surface area contributed by atoms with Crippen LogP contribution in [0.4, 0.5) is 11.4 Å². The zero-order valence-electron chi connectivity index (χ0n) is 20.9. The average Bonchev–Trinajstić information content (AvgIpc) is 3.07. The third-order valence-electron chi connectivity index (χ3n) is 6.87. The Kier molecular flexibility index (Phi) is 7.02. The van der Waals surface area contributed by atoms with Crippen molar-refractivity contribution in [2.75, 3.05) is 31.5 Å². The molecule has 8 heteroatoms. The molecule has 1 aliphatic carbocycles. The first-order chi connectivity index (χ1) is 17.9. The first-order valence-corrected chi connectivity index (χ1v) is 13.0. The Labute approximate surface area is 224 Å². The van der Waals surface area contributed by atoms with Gasteiger partial charge in [-0.05, 0) is 82.7 Å². The second-order valence-electron chi connectivity index (χ2n) is 9.07. The van der Waals surface area contributed by atoms with E-state index in [4.69, 9.17) is 14.2 Å². The van der Waals surface area contributed by atoms with Gasteiger partial charge in [0.25, 0.3) is 0 Å². The van der Waals surface area contributed by atoms with Crippen molar-refractivity contribution in [2.45, 2.75) is 31.7 Å². The third-order valence-corrected chi connectivity index (χ3v) is 7.48. The number of hydrogen-bond acceptors (Lipinski definition) is 7. The van der Waals surface area contributed by atoms with Crippen LogP contribution in [0.2, 0.25) is 0 Å². The summed E-state index contributed by atoms with van der Waals surface area (Å²) < 4.78 is 17.1. The molecular weight excluding hydrogens is 536 g/mol. The molecule has 192 valence electrons. The number of benzene rings is 3. The van der Waals surface area contributed by atoms with Gasteiger partial charge in [0.2, 0.25) is 0 Å². The standard InChI is InChI=1S/C29H29BrN2O5/c1-4-37-24-10-9-16(14-25(24)35-2)17-12-22-27(23(33)13-17)28(32-21-8-6-5-7-20(21)31-22)18-11-19(30)29(34)26(15-18)36-3/h5-11,14-15,17,28,31-32,34H,4,12-13H2,1-3H3. The largest absolute Gasteiger partial charge is 0.503 e. The van der Waals surface area contributed by atoms with Crippen LogP contribution in [-0.4, -0.2) is 31.7 Å². The molecule has 7 nitrogen and oxygen atoms in total. The fraction of sp³-hybridized carbons (Fsp3) is 0.276. The molecule has 2 aliphatic rings. The number of hydrogen-bond donors (Lipinski definition) is 3. The van der Waals surface area contributed by atoms with E-state index >= 15 is 0 Å². The predicted octanol–water partition coefficient (Wildman–Crippen LogP) is 6.55. The minimum Gasteiger partial charge on any atom is -0.503 e. The van der Waals surface area contributed by atoms with E-state index in [1.807, 2.05) is 55.5 Å². The van der Waals surface area contributed by atoms with Crippen molar-refractivity contribution in [3.8, 4) is 23.0 Å². The molecule has 0 fully saturated rings. The lowest BCUT2D eigenvalue weighted by atomic mass is 9.78. The topological polar surface area (TPSA) is 89.1 Å². The Morgan fingerprint density at radius 2 is 1.68 bits per heavy atom. The van der Waals surface area contributed by atoms with Gasteiger partial charge in [0.05, 0.1) is 42.7 Å². The van der Waals surface area contributed by atoms with Crippen molar-refractivity contribution >= 4 is 33.1 Å². The summed E-state index contributed by atoms with van der Waals surface area (Å²) in [5.41, 5.74) is 5.18. The number of para-hydroxylation sites is 2. The van der Waals surface area contributed by atoms with E-state index in [1.165, 1.54) is 7.11 Å². The SMILES string of the molecule is CCOc1ccc(C2CC(=O)C3=C(C2)Nc2ccccc2NC3c2cc(Br)c(O)c(OC)c2)cc1OC. The van der Waals surface area contributed by atoms with Crippen molar-refractivity contribution in [3.63, 3.8) is 0 Å². The fourth-order valence-corrected chi connectivity index (χ4v) is 5.57. The van der Waals surface area contributed by atoms with E-state index in [0.29, 0.717) is 46.7 Å². The number of ether oxygens (including phenoxy) is 3. The van der Waals surface area contributed by atoms with Gasteiger partial charge in [0, 0.05) is 17.7 Å². The fourth-order valence-electron chi connectivity index (χ4n) is 5.11. The van der Waals surface area contributed by atoms with Gasteiger partial charge in [-0.1, -0.05) is 18.2 Å². The normalized spacial score (nSPS) is 18.6. The van der Waals surface area contributed by atoms with Crippen LogP contribution in [0.25, 0.3) is 0 Å². The van der Waals surface area contributed by atoms with Crippen LogP contribution in [0.1, 0.15) is 42.9 Å². The molecular formula is C29H29BrN2O5. The average molecular weight is 565 g/mol. The van der Waals surface area contributed by atoms with E-state index in [9.17, 15) is 9.90 Å². The van der Waals surface area contributed by atoms with Gasteiger partial charge in [-0.25, -0.2) is 0 Å². The summed E-state index contributed by atoms with van der Waals surface area (Å²) in [6, 6.07) is 17.0. The number of fused-ring (bicyclic) bond motifs is 1. The Hall–Kier alpha value is -3.65. The highest BCUT2D eigenvalue weighted by molar-refractivity contribution is 9.10. The molecule has 37 heavy (non-hydrogen) atoms. The molecule has 5 rings (SSSR count). The number of Topliss-reactive ketones (excluding diaryl/α,β-unsaturated/α-hetero) is 1. The molecule has 0 spiro atoms. The zero-order valence-corrected chi connectivity index (χ0v) is 22.5. The van der Waals surface area contributed by atoms with Crippen molar-refractivity contribution in [1.29, 1.82) is 0 Å². The van der Waals surface area contributed by atoms with Gasteiger partial charge < -0.3 is 30.0 Å². The lowest BCUT2D eigenvalue weighted by molar-refractivity contribution is -0.116. The number of carbonyl (C=O) groups excluding carboxylic acids is 1. The van der Waals surface area contributed by atoms with E-state index in [2.05, 4.69) is 26.6 Å². The summed E-state index contributed by atoms with van der Waals surface area (Å²) in [6.45, 7) is 2.48. The number of allylic oxidation sites excluding steroid dienone is 1. The van der Waals surface area contributed by atoms with Crippen LogP contribution in [0.15, 0.2) is 70.3 Å². The summed E-state index contributed by atoms with van der Waals surface area (Å²) >= 11 is 3.43. The first-order valence-electron chi connectivity index (χ1n) is 12.2. The number of rotatable bonds is 6. The van der Waals surface area contributed by atoms with Gasteiger partial charge in [-0.3, -0.25) is 4.79 Å². The summed E-state index contributed by atoms with van der Waals surface area (Å²) in [5.74, 6) is 1.74. The molecule has 2 atom stereocenters. The molecule has 0 aromatic heterocycles. The lowest BCUT2D eigenvalue weighted by Crippen LogP contribution is -2.27. The number of phenols is 1. The molecule has 0 saturated carbocycles. The van der Waals surface area contributed by atoms with E-state index in [1.54, 1.807) is 13.2 Å². The molecule has 0 radical (unpaired) electrons. The van der Waals surface area contributed by atoms with E-state index in [-0.39, 0.29) is 17.5 Å². The Bertz CT molecular complexity index is 1390. The van der Waals surface area contributed by atoms with Crippen molar-refractivity contribution in [2.24, 2.45) is 0 Å². The first kappa shape index (κ1) is 25.0. The number of phenolic OH excluding ortho intramolecular Hbond substituents is 1. The predicted molar refractivity (Wildman–Crippen MR) is 147 cm³/mol. The number of nitrogens with one attached hydrogen (secondary N) is 2. The van der Waals surface area contributed by atoms with Crippen molar-refractivity contribution in [1.82, 2.24) is 0 Å². The summed E-state index contributed by atoms with van der Waals surface area (Å²) in [4.78, 5) is 13.8. The van der Waals surface area contributed by atoms with Gasteiger partial charge in [-0.15, -0.1) is 0 Å². The highest BCUT2D eigenvalue weighted by atomic mass is 79.9. The minimum atomic E-state index is -0.430. The summed E-state index contributed by atoms with van der Waals surface area (Å²) in [7, 11) is 3.13. The highest BCUT2D eigenvalue weighted by Crippen LogP contribution is 2.47. The van der Waals surface area contributed by atoms with Gasteiger partial charge in [-0.2, -0.15) is 0 Å². The number of ketones is 1. The second-order valence-corrected chi connectivity index (χ2v) is 9.92. The van der Waals surface area contributed by atoms with Gasteiger partial charge in [0.1, 0.15) is 0 Å². The van der Waals surface area contributed by atoms with Gasteiger partial charge >= 0.3 is 0 Å². The Balaban J connectivity index is 1.59. The molecule has 0 amide bonds. The molecule has 2 unspecified atom stereocenters. The van der Waals surface area contributed by atoms with Crippen LogP contribution < -0.4 is 24.8 Å². The smallest absolute Gasteiger partial charge is 0.172 e. The Morgan fingerprint density at radius 3 is 2.41 bits per heavy atom. The summed E-state index contributed by atoms with van der Waals surface area (Å²) in [5, 5.41) is 17.5. The monoisotopic (exact) mass is 564 g/mol. The van der Waals surface area contributed by atoms with Gasteiger partial charge in [0.15, 0.2) is 28.8 Å². The van der Waals surface area contributed by atoms with Crippen LogP contribution in [-0.2, 0) is 4.79 Å². The minimum absolute atomic E-state index is 0.0182. The molecule has 0 saturated heterocycles. The number of anilines is 2. The van der Waals surface area contributed by atoms with Crippen LogP contribution >= 0.6 is 15.9 Å². The van der Waals surface area contributed by atoms with E-state index < -0.39 is 6.04 Å². The molecule has 3 N–H and O–H groups in total. The number of halogens is 1. The van der Waals surface area contributed by atoms with Crippen molar-refractivity contribution in [3.05, 3.63) is 81.5 Å². The van der Waals surface area contributed by atoms with Crippen LogP contribution in [0.5, 0.6) is 23.0 Å². The molecule has 1 heterocycles. The highest BCUT2D eigenvalue weighted by Gasteiger charge is 2.36. The number of carbonyl (C=O) groups is 1. The number of methoxy groups -OCH3 is 2.